The van der Waals surface area contributed by atoms with Crippen molar-refractivity contribution in [3.8, 4) is 0 Å². The molecule has 0 aliphatic heterocycles. The molecule has 0 bridgehead atoms. The predicted molar refractivity (Wildman–Crippen MR) is 83.1 cm³/mol. The summed E-state index contributed by atoms with van der Waals surface area (Å²) in [6, 6.07) is 4.04. The number of furan rings is 1. The van der Waals surface area contributed by atoms with Gasteiger partial charge in [-0.2, -0.15) is 0 Å². The number of hydrogen-bond donors (Lipinski definition) is 2. The quantitative estimate of drug-likeness (QED) is 0.843. The fourth-order valence-electron chi connectivity index (χ4n) is 1.94. The lowest BCUT2D eigenvalue weighted by Gasteiger charge is -2.27. The largest absolute Gasteiger partial charge is 0.468 e. The van der Waals surface area contributed by atoms with Gasteiger partial charge < -0.3 is 19.8 Å². The molecule has 0 saturated heterocycles. The molecule has 1 amide bonds. The van der Waals surface area contributed by atoms with E-state index in [0.717, 1.165) is 5.76 Å². The molecule has 2 unspecified atom stereocenters. The maximum absolute atomic E-state index is 11.7. The van der Waals surface area contributed by atoms with Gasteiger partial charge in [0.1, 0.15) is 11.4 Å². The van der Waals surface area contributed by atoms with E-state index in [0.29, 0.717) is 12.5 Å². The number of alkyl carbamates (subject to hydrolysis) is 1. The summed E-state index contributed by atoms with van der Waals surface area (Å²) in [4.78, 5) is 11.7. The van der Waals surface area contributed by atoms with Gasteiger partial charge in [0.2, 0.25) is 0 Å². The van der Waals surface area contributed by atoms with Crippen molar-refractivity contribution in [2.45, 2.75) is 59.2 Å². The molecular weight excluding hydrogens is 268 g/mol. The summed E-state index contributed by atoms with van der Waals surface area (Å²) in [6.07, 6.45) is 1.28. The molecule has 0 aliphatic rings. The molecule has 2 atom stereocenters. The van der Waals surface area contributed by atoms with Crippen LogP contribution in [-0.4, -0.2) is 24.3 Å². The van der Waals surface area contributed by atoms with Gasteiger partial charge in [0.15, 0.2) is 0 Å². The fraction of sp³-hybridized carbons (Fsp3) is 0.688. The van der Waals surface area contributed by atoms with E-state index in [1.165, 1.54) is 0 Å². The average Bonchev–Trinajstić information content (AvgIpc) is 2.85. The smallest absolute Gasteiger partial charge is 0.407 e. The number of ether oxygens (including phenoxy) is 1. The van der Waals surface area contributed by atoms with Crippen LogP contribution < -0.4 is 10.6 Å². The Labute approximate surface area is 127 Å². The summed E-state index contributed by atoms with van der Waals surface area (Å²) < 4.78 is 10.6. The van der Waals surface area contributed by atoms with Crippen molar-refractivity contribution in [3.05, 3.63) is 24.2 Å². The number of carbonyl (C=O) groups is 1. The Kier molecular flexibility index (Phi) is 6.27. The molecule has 120 valence electrons. The van der Waals surface area contributed by atoms with Crippen molar-refractivity contribution in [3.63, 3.8) is 0 Å². The monoisotopic (exact) mass is 296 g/mol. The Bertz CT molecular complexity index is 421. The molecule has 2 N–H and O–H groups in total. The van der Waals surface area contributed by atoms with Gasteiger partial charge in [-0.1, -0.05) is 13.8 Å². The van der Waals surface area contributed by atoms with E-state index in [9.17, 15) is 4.79 Å². The number of rotatable bonds is 6. The van der Waals surface area contributed by atoms with E-state index in [2.05, 4.69) is 24.5 Å². The van der Waals surface area contributed by atoms with Crippen LogP contribution in [0.2, 0.25) is 0 Å². The molecule has 0 aromatic carbocycles. The van der Waals surface area contributed by atoms with Gasteiger partial charge in [0.25, 0.3) is 0 Å². The van der Waals surface area contributed by atoms with Crippen LogP contribution in [0.4, 0.5) is 4.79 Å². The minimum absolute atomic E-state index is 0.0906. The normalized spacial score (nSPS) is 14.8. The Morgan fingerprint density at radius 2 is 2.00 bits per heavy atom. The summed E-state index contributed by atoms with van der Waals surface area (Å²) in [7, 11) is 0. The molecule has 1 rings (SSSR count). The van der Waals surface area contributed by atoms with Crippen LogP contribution in [0, 0.1) is 5.92 Å². The van der Waals surface area contributed by atoms with E-state index in [1.807, 2.05) is 39.8 Å². The average molecular weight is 296 g/mol. The summed E-state index contributed by atoms with van der Waals surface area (Å²) in [5.74, 6) is 1.26. The molecular formula is C16H28N2O3. The lowest BCUT2D eigenvalue weighted by atomic mass is 10.0. The highest BCUT2D eigenvalue weighted by Gasteiger charge is 2.21. The predicted octanol–water partition coefficient (Wildman–Crippen LogP) is 3.48. The lowest BCUT2D eigenvalue weighted by Crippen LogP contribution is -2.46. The van der Waals surface area contributed by atoms with Crippen molar-refractivity contribution in [2.75, 3.05) is 6.54 Å². The molecule has 1 aromatic heterocycles. The van der Waals surface area contributed by atoms with Crippen molar-refractivity contribution < 1.29 is 13.9 Å². The van der Waals surface area contributed by atoms with Crippen LogP contribution in [-0.2, 0) is 4.74 Å². The highest BCUT2D eigenvalue weighted by Crippen LogP contribution is 2.15. The Morgan fingerprint density at radius 3 is 2.48 bits per heavy atom. The maximum Gasteiger partial charge on any atom is 0.407 e. The summed E-state index contributed by atoms with van der Waals surface area (Å²) in [5.41, 5.74) is -0.480. The van der Waals surface area contributed by atoms with Crippen LogP contribution in [0.5, 0.6) is 0 Å². The number of hydrogen-bond acceptors (Lipinski definition) is 4. The van der Waals surface area contributed by atoms with Crippen molar-refractivity contribution in [2.24, 2.45) is 5.92 Å². The standard InChI is InChI=1S/C16H28N2O3/c1-11(2)13(10-17-15(19)21-16(4,5)6)18-12(3)14-8-7-9-20-14/h7-9,11-13,18H,10H2,1-6H3,(H,17,19). The topological polar surface area (TPSA) is 63.5 Å². The SMILES string of the molecule is CC(NC(CNC(=O)OC(C)(C)C)C(C)C)c1ccco1. The first kappa shape index (κ1) is 17.6. The molecule has 21 heavy (non-hydrogen) atoms. The second-order valence-electron chi connectivity index (χ2n) is 6.64. The van der Waals surface area contributed by atoms with E-state index in [1.54, 1.807) is 6.26 Å². The second kappa shape index (κ2) is 7.50. The van der Waals surface area contributed by atoms with Gasteiger partial charge in [-0.15, -0.1) is 0 Å². The van der Waals surface area contributed by atoms with E-state index < -0.39 is 5.60 Å². The van der Waals surface area contributed by atoms with Crippen molar-refractivity contribution in [1.82, 2.24) is 10.6 Å². The van der Waals surface area contributed by atoms with Crippen LogP contribution in [0.25, 0.3) is 0 Å². The lowest BCUT2D eigenvalue weighted by molar-refractivity contribution is 0.0518. The summed E-state index contributed by atoms with van der Waals surface area (Å²) >= 11 is 0. The van der Waals surface area contributed by atoms with Gasteiger partial charge in [-0.3, -0.25) is 0 Å². The highest BCUT2D eigenvalue weighted by atomic mass is 16.6. The zero-order valence-electron chi connectivity index (χ0n) is 13.9. The minimum atomic E-state index is -0.480. The Hall–Kier alpha value is -1.49. The van der Waals surface area contributed by atoms with E-state index in [-0.39, 0.29) is 18.2 Å². The third-order valence-corrected chi connectivity index (χ3v) is 3.10. The highest BCUT2D eigenvalue weighted by molar-refractivity contribution is 5.67. The molecule has 5 nitrogen and oxygen atoms in total. The number of carbonyl (C=O) groups excluding carboxylic acids is 1. The Balaban J connectivity index is 2.49. The van der Waals surface area contributed by atoms with Gasteiger partial charge in [-0.25, -0.2) is 4.79 Å². The third-order valence-electron chi connectivity index (χ3n) is 3.10. The maximum atomic E-state index is 11.7. The van der Waals surface area contributed by atoms with Gasteiger partial charge >= 0.3 is 6.09 Å². The number of amides is 1. The molecule has 5 heteroatoms. The molecule has 0 aliphatic carbocycles. The zero-order chi connectivity index (χ0) is 16.0. The van der Waals surface area contributed by atoms with Crippen LogP contribution in [0.15, 0.2) is 22.8 Å². The van der Waals surface area contributed by atoms with Crippen LogP contribution in [0.3, 0.4) is 0 Å². The van der Waals surface area contributed by atoms with Crippen molar-refractivity contribution >= 4 is 6.09 Å². The summed E-state index contributed by atoms with van der Waals surface area (Å²) in [5, 5.41) is 6.29. The van der Waals surface area contributed by atoms with Crippen LogP contribution in [0.1, 0.15) is 53.3 Å². The van der Waals surface area contributed by atoms with Gasteiger partial charge in [0.05, 0.1) is 12.3 Å². The molecule has 1 heterocycles. The molecule has 0 spiro atoms. The minimum Gasteiger partial charge on any atom is -0.468 e. The molecule has 0 fully saturated rings. The first-order valence-corrected chi connectivity index (χ1v) is 7.45. The molecule has 1 aromatic rings. The van der Waals surface area contributed by atoms with Crippen molar-refractivity contribution in [1.29, 1.82) is 0 Å². The summed E-state index contributed by atoms with van der Waals surface area (Å²) in [6.45, 7) is 12.3. The van der Waals surface area contributed by atoms with Gasteiger partial charge in [0, 0.05) is 12.6 Å². The molecule has 0 saturated carbocycles. The van der Waals surface area contributed by atoms with E-state index >= 15 is 0 Å². The Morgan fingerprint density at radius 1 is 1.33 bits per heavy atom. The third kappa shape index (κ3) is 6.67. The zero-order valence-corrected chi connectivity index (χ0v) is 13.9. The fourth-order valence-corrected chi connectivity index (χ4v) is 1.94. The first-order chi connectivity index (χ1) is 9.69. The van der Waals surface area contributed by atoms with Gasteiger partial charge in [-0.05, 0) is 45.7 Å². The van der Waals surface area contributed by atoms with Crippen LogP contribution >= 0.6 is 0 Å². The van der Waals surface area contributed by atoms with E-state index in [4.69, 9.17) is 9.15 Å². The first-order valence-electron chi connectivity index (χ1n) is 7.45. The second-order valence-corrected chi connectivity index (χ2v) is 6.64. The number of nitrogens with one attached hydrogen (secondary N) is 2. The molecule has 0 radical (unpaired) electrons.